The number of amides is 2. The number of halogens is 1. The Balaban J connectivity index is 1.90. The molecule has 0 saturated heterocycles. The SMILES string of the molecule is C=C(C)CCNC(=O)c1ccc(C(C)N(C=O)C2(/N=C(\C)c3ccc(F)cc3)CCC(C(C)(C)C)CC2)cc1. The Morgan fingerprint density at radius 3 is 2.18 bits per heavy atom. The molecule has 1 atom stereocenters. The standard InChI is InChI=1S/C33H44FN3O2/c1-23(2)18-21-35-31(39)28-10-8-27(9-11-28)25(4)37(22-38)33(19-16-29(17-20-33)32(5,6)7)36-24(3)26-12-14-30(34)15-13-26/h8-15,22,25,29H,1,16-21H2,2-7H3,(H,35,39)/b36-24+. The van der Waals surface area contributed by atoms with Crippen LogP contribution in [0.3, 0.4) is 0 Å². The predicted molar refractivity (Wildman–Crippen MR) is 157 cm³/mol. The lowest BCUT2D eigenvalue weighted by Crippen LogP contribution is -2.51. The van der Waals surface area contributed by atoms with E-state index in [1.165, 1.54) is 12.1 Å². The first-order valence-electron chi connectivity index (χ1n) is 13.9. The molecule has 0 bridgehead atoms. The van der Waals surface area contributed by atoms with E-state index in [0.29, 0.717) is 18.0 Å². The topological polar surface area (TPSA) is 61.8 Å². The summed E-state index contributed by atoms with van der Waals surface area (Å²) in [5, 5.41) is 2.92. The first kappa shape index (κ1) is 30.3. The van der Waals surface area contributed by atoms with E-state index in [9.17, 15) is 14.0 Å². The maximum atomic E-state index is 13.6. The fourth-order valence-electron chi connectivity index (χ4n) is 5.56. The number of nitrogens with one attached hydrogen (secondary N) is 1. The van der Waals surface area contributed by atoms with Gasteiger partial charge in [0.15, 0.2) is 0 Å². The summed E-state index contributed by atoms with van der Waals surface area (Å²) in [5.41, 5.74) is 3.64. The minimum atomic E-state index is -0.708. The maximum Gasteiger partial charge on any atom is 0.251 e. The largest absolute Gasteiger partial charge is 0.352 e. The van der Waals surface area contributed by atoms with Crippen molar-refractivity contribution >= 4 is 18.0 Å². The molecule has 1 fully saturated rings. The van der Waals surface area contributed by atoms with E-state index >= 15 is 0 Å². The van der Waals surface area contributed by atoms with Crippen molar-refractivity contribution in [2.24, 2.45) is 16.3 Å². The molecule has 0 spiro atoms. The molecule has 0 radical (unpaired) electrons. The second kappa shape index (κ2) is 12.7. The van der Waals surface area contributed by atoms with Gasteiger partial charge < -0.3 is 10.2 Å². The van der Waals surface area contributed by atoms with Gasteiger partial charge >= 0.3 is 0 Å². The minimum absolute atomic E-state index is 0.126. The summed E-state index contributed by atoms with van der Waals surface area (Å²) >= 11 is 0. The van der Waals surface area contributed by atoms with Crippen LogP contribution in [0.5, 0.6) is 0 Å². The third kappa shape index (κ3) is 7.65. The van der Waals surface area contributed by atoms with E-state index in [1.807, 2.05) is 37.8 Å². The molecule has 6 heteroatoms. The van der Waals surface area contributed by atoms with Crippen molar-refractivity contribution in [3.05, 3.63) is 83.2 Å². The van der Waals surface area contributed by atoms with E-state index in [-0.39, 0.29) is 23.2 Å². The van der Waals surface area contributed by atoms with Crippen molar-refractivity contribution in [3.63, 3.8) is 0 Å². The van der Waals surface area contributed by atoms with Crippen LogP contribution in [0, 0.1) is 17.2 Å². The van der Waals surface area contributed by atoms with E-state index in [2.05, 4.69) is 32.7 Å². The quantitative estimate of drug-likeness (QED) is 0.195. The normalized spacial score (nSPS) is 20.7. The molecule has 210 valence electrons. The van der Waals surface area contributed by atoms with Crippen molar-refractivity contribution in [3.8, 4) is 0 Å². The van der Waals surface area contributed by atoms with Crippen LogP contribution in [-0.2, 0) is 4.79 Å². The second-order valence-electron chi connectivity index (χ2n) is 12.1. The number of aliphatic imine (C=N–C) groups is 1. The van der Waals surface area contributed by atoms with Crippen molar-refractivity contribution in [2.75, 3.05) is 6.54 Å². The van der Waals surface area contributed by atoms with Gasteiger partial charge in [0.05, 0.1) is 6.04 Å². The van der Waals surface area contributed by atoms with Crippen LogP contribution in [0.1, 0.15) is 101 Å². The van der Waals surface area contributed by atoms with Crippen LogP contribution in [0.25, 0.3) is 0 Å². The molecular formula is C33H44FN3O2. The Kier molecular flexibility index (Phi) is 9.87. The summed E-state index contributed by atoms with van der Waals surface area (Å²) in [7, 11) is 0. The fourth-order valence-corrected chi connectivity index (χ4v) is 5.56. The maximum absolute atomic E-state index is 13.6. The molecule has 1 aliphatic rings. The van der Waals surface area contributed by atoms with Gasteiger partial charge in [0.2, 0.25) is 6.41 Å². The molecule has 0 aliphatic heterocycles. The zero-order valence-electron chi connectivity index (χ0n) is 24.4. The van der Waals surface area contributed by atoms with Gasteiger partial charge in [-0.25, -0.2) is 4.39 Å². The number of carbonyl (C=O) groups excluding carboxylic acids is 2. The zero-order valence-corrected chi connectivity index (χ0v) is 24.4. The van der Waals surface area contributed by atoms with Crippen molar-refractivity contribution < 1.29 is 14.0 Å². The monoisotopic (exact) mass is 533 g/mol. The molecule has 3 rings (SSSR count). The minimum Gasteiger partial charge on any atom is -0.352 e. The number of rotatable bonds is 10. The van der Waals surface area contributed by atoms with Crippen LogP contribution in [0.4, 0.5) is 4.39 Å². The van der Waals surface area contributed by atoms with Gasteiger partial charge in [-0.15, -0.1) is 6.58 Å². The average Bonchev–Trinajstić information content (AvgIpc) is 2.89. The molecule has 0 heterocycles. The van der Waals surface area contributed by atoms with E-state index < -0.39 is 5.66 Å². The molecule has 1 N–H and O–H groups in total. The Hall–Kier alpha value is -3.28. The highest BCUT2D eigenvalue weighted by Gasteiger charge is 2.44. The van der Waals surface area contributed by atoms with E-state index in [4.69, 9.17) is 4.99 Å². The summed E-state index contributed by atoms with van der Waals surface area (Å²) in [5.74, 6) is 0.126. The van der Waals surface area contributed by atoms with E-state index in [1.54, 1.807) is 24.3 Å². The first-order valence-corrected chi connectivity index (χ1v) is 13.9. The van der Waals surface area contributed by atoms with Crippen LogP contribution >= 0.6 is 0 Å². The van der Waals surface area contributed by atoms with Gasteiger partial charge in [-0.3, -0.25) is 14.6 Å². The zero-order chi connectivity index (χ0) is 28.8. The van der Waals surface area contributed by atoms with Crippen LogP contribution in [-0.4, -0.2) is 35.1 Å². The number of hydrogen-bond acceptors (Lipinski definition) is 3. The van der Waals surface area contributed by atoms with Gasteiger partial charge in [-0.2, -0.15) is 0 Å². The predicted octanol–water partition coefficient (Wildman–Crippen LogP) is 7.48. The molecule has 39 heavy (non-hydrogen) atoms. The molecule has 0 aromatic heterocycles. The molecule has 1 aliphatic carbocycles. The Morgan fingerprint density at radius 2 is 1.67 bits per heavy atom. The van der Waals surface area contributed by atoms with Gasteiger partial charge in [0, 0.05) is 17.8 Å². The first-order chi connectivity index (χ1) is 18.4. The van der Waals surface area contributed by atoms with Crippen molar-refractivity contribution in [1.82, 2.24) is 10.2 Å². The Labute approximate surface area is 233 Å². The van der Waals surface area contributed by atoms with Crippen molar-refractivity contribution in [2.45, 2.75) is 85.4 Å². The van der Waals surface area contributed by atoms with Crippen molar-refractivity contribution in [1.29, 1.82) is 0 Å². The summed E-state index contributed by atoms with van der Waals surface area (Å²) in [6, 6.07) is 13.5. The Morgan fingerprint density at radius 1 is 1.10 bits per heavy atom. The molecule has 5 nitrogen and oxygen atoms in total. The van der Waals surface area contributed by atoms with Crippen LogP contribution in [0.2, 0.25) is 0 Å². The molecular weight excluding hydrogens is 489 g/mol. The summed E-state index contributed by atoms with van der Waals surface area (Å²) < 4.78 is 13.6. The highest BCUT2D eigenvalue weighted by atomic mass is 19.1. The average molecular weight is 534 g/mol. The third-order valence-corrected chi connectivity index (χ3v) is 8.15. The number of hydrogen-bond donors (Lipinski definition) is 1. The highest BCUT2D eigenvalue weighted by Crippen LogP contribution is 2.46. The molecule has 1 unspecified atom stereocenters. The molecule has 2 amide bonds. The molecule has 1 saturated carbocycles. The lowest BCUT2D eigenvalue weighted by Gasteiger charge is -2.48. The number of benzene rings is 2. The summed E-state index contributed by atoms with van der Waals surface area (Å²) in [4.78, 5) is 32.3. The molecule has 2 aromatic rings. The van der Waals surface area contributed by atoms with Gasteiger partial charge in [-0.1, -0.05) is 50.6 Å². The lowest BCUT2D eigenvalue weighted by atomic mass is 9.69. The second-order valence-corrected chi connectivity index (χ2v) is 12.1. The van der Waals surface area contributed by atoms with Crippen LogP contribution in [0.15, 0.2) is 65.7 Å². The van der Waals surface area contributed by atoms with E-state index in [0.717, 1.165) is 60.9 Å². The number of carbonyl (C=O) groups is 2. The third-order valence-electron chi connectivity index (χ3n) is 8.15. The Bertz CT molecular complexity index is 1170. The summed E-state index contributed by atoms with van der Waals surface area (Å²) in [6.45, 7) is 17.1. The van der Waals surface area contributed by atoms with Crippen LogP contribution < -0.4 is 5.32 Å². The smallest absolute Gasteiger partial charge is 0.251 e. The number of nitrogens with zero attached hydrogens (tertiary/aromatic N) is 2. The van der Waals surface area contributed by atoms with Gasteiger partial charge in [-0.05, 0) is 99.6 Å². The molecule has 2 aromatic carbocycles. The summed E-state index contributed by atoms with van der Waals surface area (Å²) in [6.07, 6.45) is 5.08. The van der Waals surface area contributed by atoms with Gasteiger partial charge in [0.1, 0.15) is 11.5 Å². The highest BCUT2D eigenvalue weighted by molar-refractivity contribution is 5.99. The fraction of sp³-hybridized carbons (Fsp3) is 0.485. The van der Waals surface area contributed by atoms with Gasteiger partial charge in [0.25, 0.3) is 5.91 Å². The lowest BCUT2D eigenvalue weighted by molar-refractivity contribution is -0.129.